The first kappa shape index (κ1) is 14.9. The van der Waals surface area contributed by atoms with Crippen LogP contribution in [0, 0.1) is 13.8 Å². The van der Waals surface area contributed by atoms with Crippen LogP contribution in [0.25, 0.3) is 0 Å². The van der Waals surface area contributed by atoms with Crippen LogP contribution in [0.2, 0.25) is 0 Å². The molecule has 19 heavy (non-hydrogen) atoms. The third-order valence-electron chi connectivity index (χ3n) is 3.57. The Morgan fingerprint density at radius 1 is 1.37 bits per heavy atom. The first-order chi connectivity index (χ1) is 9.20. The smallest absolute Gasteiger partial charge is 0.0603 e. The summed E-state index contributed by atoms with van der Waals surface area (Å²) < 4.78 is 5.67. The van der Waals surface area contributed by atoms with E-state index < -0.39 is 0 Å². The summed E-state index contributed by atoms with van der Waals surface area (Å²) in [6.07, 6.45) is 2.32. The van der Waals surface area contributed by atoms with Crippen LogP contribution in [0.3, 0.4) is 0 Å². The van der Waals surface area contributed by atoms with Crippen molar-refractivity contribution in [2.75, 3.05) is 19.8 Å². The molecule has 3 heteroatoms. The first-order valence-electron chi connectivity index (χ1n) is 7.25. The Labute approximate surface area is 121 Å². The Balaban J connectivity index is 2.02. The summed E-state index contributed by atoms with van der Waals surface area (Å²) in [4.78, 5) is 1.39. The van der Waals surface area contributed by atoms with E-state index in [-0.39, 0.29) is 0 Å². The number of aryl methyl sites for hydroxylation is 2. The monoisotopic (exact) mass is 279 g/mol. The van der Waals surface area contributed by atoms with Crippen molar-refractivity contribution in [3.63, 3.8) is 0 Å². The van der Waals surface area contributed by atoms with Gasteiger partial charge in [0.2, 0.25) is 0 Å². The lowest BCUT2D eigenvalue weighted by Gasteiger charge is -2.32. The number of nitrogens with one attached hydrogen (secondary N) is 1. The molecule has 0 aromatic heterocycles. The minimum absolute atomic E-state index is 0.529. The van der Waals surface area contributed by atoms with Crippen molar-refractivity contribution in [3.8, 4) is 0 Å². The minimum Gasteiger partial charge on any atom is -0.380 e. The molecule has 0 radical (unpaired) electrons. The van der Waals surface area contributed by atoms with Gasteiger partial charge in [-0.1, -0.05) is 24.6 Å². The van der Waals surface area contributed by atoms with Crippen LogP contribution in [-0.4, -0.2) is 31.1 Å². The van der Waals surface area contributed by atoms with Crippen LogP contribution < -0.4 is 5.32 Å². The fraction of sp³-hybridized carbons (Fsp3) is 0.625. The topological polar surface area (TPSA) is 21.3 Å². The van der Waals surface area contributed by atoms with Gasteiger partial charge >= 0.3 is 0 Å². The highest BCUT2D eigenvalue weighted by Crippen LogP contribution is 2.31. The Hall–Kier alpha value is -0.510. The molecule has 0 bridgehead atoms. The summed E-state index contributed by atoms with van der Waals surface area (Å²) in [6, 6.07) is 7.30. The normalized spacial score (nSPS) is 23.5. The van der Waals surface area contributed by atoms with Gasteiger partial charge in [-0.05, 0) is 44.9 Å². The largest absolute Gasteiger partial charge is 0.380 e. The maximum absolute atomic E-state index is 5.67. The molecule has 1 fully saturated rings. The SMILES string of the molecule is CCCNC1CCOCC1Sc1ccc(C)cc1C. The van der Waals surface area contributed by atoms with Crippen LogP contribution in [0.5, 0.6) is 0 Å². The van der Waals surface area contributed by atoms with Crippen LogP contribution >= 0.6 is 11.8 Å². The summed E-state index contributed by atoms with van der Waals surface area (Å²) in [5, 5.41) is 4.20. The van der Waals surface area contributed by atoms with E-state index in [1.165, 1.54) is 22.4 Å². The number of thioether (sulfide) groups is 1. The van der Waals surface area contributed by atoms with Gasteiger partial charge in [-0.3, -0.25) is 0 Å². The summed E-state index contributed by atoms with van der Waals surface area (Å²) in [5.74, 6) is 0. The average molecular weight is 279 g/mol. The molecule has 0 aliphatic carbocycles. The molecule has 2 atom stereocenters. The molecule has 1 aliphatic heterocycles. The summed E-state index contributed by atoms with van der Waals surface area (Å²) >= 11 is 1.97. The summed E-state index contributed by atoms with van der Waals surface area (Å²) in [6.45, 7) is 9.43. The molecule has 1 N–H and O–H groups in total. The van der Waals surface area contributed by atoms with E-state index >= 15 is 0 Å². The lowest BCUT2D eigenvalue weighted by Crippen LogP contribution is -2.45. The fourth-order valence-corrected chi connectivity index (χ4v) is 3.76. The maximum atomic E-state index is 5.67. The van der Waals surface area contributed by atoms with Gasteiger partial charge in [0.25, 0.3) is 0 Å². The number of ether oxygens (including phenoxy) is 1. The minimum atomic E-state index is 0.529. The molecule has 1 aromatic carbocycles. The fourth-order valence-electron chi connectivity index (χ4n) is 2.49. The third kappa shape index (κ3) is 4.23. The quantitative estimate of drug-likeness (QED) is 0.890. The number of rotatable bonds is 5. The molecular formula is C16H25NOS. The molecule has 1 saturated heterocycles. The van der Waals surface area contributed by atoms with Gasteiger partial charge in [0, 0.05) is 22.8 Å². The Morgan fingerprint density at radius 2 is 2.21 bits per heavy atom. The van der Waals surface area contributed by atoms with Gasteiger partial charge in [0.1, 0.15) is 0 Å². The third-order valence-corrected chi connectivity index (χ3v) is 5.05. The Kier molecular flexibility index (Phi) is 5.74. The van der Waals surface area contributed by atoms with Gasteiger partial charge in [-0.25, -0.2) is 0 Å². The molecule has 2 unspecified atom stereocenters. The molecule has 0 saturated carbocycles. The van der Waals surface area contributed by atoms with Gasteiger partial charge in [0.05, 0.1) is 6.61 Å². The number of hydrogen-bond acceptors (Lipinski definition) is 3. The van der Waals surface area contributed by atoms with Crippen LogP contribution in [0.15, 0.2) is 23.1 Å². The highest BCUT2D eigenvalue weighted by Gasteiger charge is 2.26. The zero-order valence-corrected chi connectivity index (χ0v) is 13.1. The lowest BCUT2D eigenvalue weighted by atomic mass is 10.1. The zero-order chi connectivity index (χ0) is 13.7. The van der Waals surface area contributed by atoms with Crippen molar-refractivity contribution in [2.24, 2.45) is 0 Å². The lowest BCUT2D eigenvalue weighted by molar-refractivity contribution is 0.0833. The van der Waals surface area contributed by atoms with E-state index in [0.29, 0.717) is 11.3 Å². The van der Waals surface area contributed by atoms with E-state index in [9.17, 15) is 0 Å². The van der Waals surface area contributed by atoms with Crippen molar-refractivity contribution in [1.29, 1.82) is 0 Å². The molecular weight excluding hydrogens is 254 g/mol. The van der Waals surface area contributed by atoms with Crippen molar-refractivity contribution in [3.05, 3.63) is 29.3 Å². The van der Waals surface area contributed by atoms with Gasteiger partial charge in [-0.2, -0.15) is 0 Å². The van der Waals surface area contributed by atoms with Crippen molar-refractivity contribution in [2.45, 2.75) is 49.8 Å². The Bertz CT molecular complexity index is 408. The predicted molar refractivity (Wildman–Crippen MR) is 83.1 cm³/mol. The van der Waals surface area contributed by atoms with E-state index in [0.717, 1.165) is 26.2 Å². The highest BCUT2D eigenvalue weighted by atomic mass is 32.2. The van der Waals surface area contributed by atoms with Gasteiger partial charge < -0.3 is 10.1 Å². The van der Waals surface area contributed by atoms with Crippen LogP contribution in [0.4, 0.5) is 0 Å². The van der Waals surface area contributed by atoms with Crippen LogP contribution in [-0.2, 0) is 4.74 Å². The highest BCUT2D eigenvalue weighted by molar-refractivity contribution is 8.00. The number of hydrogen-bond donors (Lipinski definition) is 1. The average Bonchev–Trinajstić information content (AvgIpc) is 2.41. The molecule has 2 nitrogen and oxygen atoms in total. The van der Waals surface area contributed by atoms with Gasteiger partial charge in [0.15, 0.2) is 0 Å². The molecule has 0 spiro atoms. The molecule has 1 aromatic rings. The van der Waals surface area contributed by atoms with Crippen molar-refractivity contribution in [1.82, 2.24) is 5.32 Å². The molecule has 0 amide bonds. The zero-order valence-electron chi connectivity index (χ0n) is 12.2. The maximum Gasteiger partial charge on any atom is 0.0603 e. The van der Waals surface area contributed by atoms with Crippen molar-refractivity contribution < 1.29 is 4.74 Å². The molecule has 1 aliphatic rings. The van der Waals surface area contributed by atoms with Crippen LogP contribution in [0.1, 0.15) is 30.9 Å². The predicted octanol–water partition coefficient (Wildman–Crippen LogP) is 3.55. The van der Waals surface area contributed by atoms with Gasteiger partial charge in [-0.15, -0.1) is 11.8 Å². The summed E-state index contributed by atoms with van der Waals surface area (Å²) in [5.41, 5.74) is 2.72. The van der Waals surface area contributed by atoms with E-state index in [2.05, 4.69) is 44.3 Å². The second-order valence-corrected chi connectivity index (χ2v) is 6.63. The second-order valence-electron chi connectivity index (χ2n) is 5.35. The first-order valence-corrected chi connectivity index (χ1v) is 8.13. The molecule has 2 rings (SSSR count). The Morgan fingerprint density at radius 3 is 2.95 bits per heavy atom. The van der Waals surface area contributed by atoms with Crippen molar-refractivity contribution >= 4 is 11.8 Å². The van der Waals surface area contributed by atoms with E-state index in [4.69, 9.17) is 4.74 Å². The molecule has 1 heterocycles. The summed E-state index contributed by atoms with van der Waals surface area (Å²) in [7, 11) is 0. The standard InChI is InChI=1S/C16H25NOS/c1-4-8-17-14-7-9-18-11-16(14)19-15-6-5-12(2)10-13(15)3/h5-6,10,14,16-17H,4,7-9,11H2,1-3H3. The molecule has 106 valence electrons. The van der Waals surface area contributed by atoms with E-state index in [1.54, 1.807) is 0 Å². The number of benzene rings is 1. The van der Waals surface area contributed by atoms with E-state index in [1.807, 2.05) is 11.8 Å². The second kappa shape index (κ2) is 7.32.